The number of rotatable bonds is 4. The molecule has 0 radical (unpaired) electrons. The van der Waals surface area contributed by atoms with Crippen LogP contribution in [0.15, 0.2) is 66.8 Å². The van der Waals surface area contributed by atoms with E-state index in [2.05, 4.69) is 6.58 Å². The molecule has 0 aliphatic heterocycles. The molecule has 0 fully saturated rings. The third kappa shape index (κ3) is 3.89. The lowest BCUT2D eigenvalue weighted by Gasteiger charge is -2.07. The molecule has 0 spiro atoms. The van der Waals surface area contributed by atoms with E-state index in [1.165, 1.54) is 12.1 Å². The number of allylic oxidation sites excluding steroid dienone is 3. The van der Waals surface area contributed by atoms with Gasteiger partial charge >= 0.3 is 0 Å². The fraction of sp³-hybridized carbons (Fsp3) is 0.0556. The molecule has 0 aliphatic rings. The van der Waals surface area contributed by atoms with Crippen LogP contribution in [-0.4, -0.2) is 5.71 Å². The van der Waals surface area contributed by atoms with Gasteiger partial charge in [0.1, 0.15) is 5.82 Å². The van der Waals surface area contributed by atoms with Crippen molar-refractivity contribution in [1.82, 2.24) is 0 Å². The molecular formula is C18H15ClFN. The zero-order valence-electron chi connectivity index (χ0n) is 11.7. The number of benzene rings is 2. The summed E-state index contributed by atoms with van der Waals surface area (Å²) < 4.78 is 12.9. The summed E-state index contributed by atoms with van der Waals surface area (Å²) in [5.74, 6) is -0.276. The second-order valence-corrected chi connectivity index (χ2v) is 5.17. The number of hydrogen-bond donors (Lipinski definition) is 1. The van der Waals surface area contributed by atoms with Crippen molar-refractivity contribution in [3.05, 3.63) is 88.7 Å². The van der Waals surface area contributed by atoms with Crippen LogP contribution in [0, 0.1) is 11.2 Å². The zero-order valence-corrected chi connectivity index (χ0v) is 12.4. The molecule has 0 amide bonds. The fourth-order valence-corrected chi connectivity index (χ4v) is 2.02. The second-order valence-electron chi connectivity index (χ2n) is 4.73. The van der Waals surface area contributed by atoms with Gasteiger partial charge in [-0.05, 0) is 59.5 Å². The van der Waals surface area contributed by atoms with E-state index < -0.39 is 0 Å². The first kappa shape index (κ1) is 15.2. The molecule has 0 saturated carbocycles. The molecule has 3 heteroatoms. The van der Waals surface area contributed by atoms with Crippen molar-refractivity contribution in [1.29, 1.82) is 5.41 Å². The number of hydrogen-bond acceptors (Lipinski definition) is 1. The van der Waals surface area contributed by atoms with Crippen LogP contribution in [0.5, 0.6) is 0 Å². The molecule has 2 aromatic rings. The molecule has 2 rings (SSSR count). The molecule has 0 heterocycles. The fourth-order valence-electron chi connectivity index (χ4n) is 1.90. The van der Waals surface area contributed by atoms with E-state index in [0.717, 1.165) is 22.3 Å². The first-order valence-electron chi connectivity index (χ1n) is 6.45. The molecule has 0 bridgehead atoms. The van der Waals surface area contributed by atoms with Gasteiger partial charge in [-0.1, -0.05) is 42.4 Å². The van der Waals surface area contributed by atoms with Gasteiger partial charge in [0, 0.05) is 5.02 Å². The Balaban J connectivity index is 2.20. The van der Waals surface area contributed by atoms with Crippen LogP contribution < -0.4 is 0 Å². The maximum atomic E-state index is 12.9. The highest BCUT2D eigenvalue weighted by atomic mass is 35.5. The molecule has 106 valence electrons. The molecule has 0 unspecified atom stereocenters. The van der Waals surface area contributed by atoms with Gasteiger partial charge in [-0.15, -0.1) is 0 Å². The highest BCUT2D eigenvalue weighted by molar-refractivity contribution is 6.30. The Morgan fingerprint density at radius 1 is 1.05 bits per heavy atom. The van der Waals surface area contributed by atoms with Crippen molar-refractivity contribution in [2.45, 2.75) is 6.92 Å². The minimum absolute atomic E-state index is 0.276. The molecule has 0 saturated heterocycles. The van der Waals surface area contributed by atoms with Crippen molar-refractivity contribution < 1.29 is 4.39 Å². The highest BCUT2D eigenvalue weighted by Crippen LogP contribution is 2.21. The van der Waals surface area contributed by atoms with Crippen LogP contribution in [0.25, 0.3) is 5.57 Å². The minimum atomic E-state index is -0.276. The van der Waals surface area contributed by atoms with E-state index in [0.29, 0.717) is 10.7 Å². The van der Waals surface area contributed by atoms with Gasteiger partial charge in [0.15, 0.2) is 0 Å². The molecule has 21 heavy (non-hydrogen) atoms. The van der Waals surface area contributed by atoms with Gasteiger partial charge in [-0.25, -0.2) is 4.39 Å². The van der Waals surface area contributed by atoms with E-state index in [9.17, 15) is 4.39 Å². The smallest absolute Gasteiger partial charge is 0.123 e. The Morgan fingerprint density at radius 3 is 2.14 bits per heavy atom. The van der Waals surface area contributed by atoms with E-state index in [1.54, 1.807) is 42.5 Å². The van der Waals surface area contributed by atoms with Crippen LogP contribution in [0.4, 0.5) is 4.39 Å². The van der Waals surface area contributed by atoms with Crippen LogP contribution in [0.2, 0.25) is 5.02 Å². The first-order valence-corrected chi connectivity index (χ1v) is 6.83. The summed E-state index contributed by atoms with van der Waals surface area (Å²) in [6, 6.07) is 13.3. The SMILES string of the molecule is C=C(/C(C)=C\C(=N)c1ccc(Cl)cc1)c1ccc(F)cc1. The summed E-state index contributed by atoms with van der Waals surface area (Å²) in [5.41, 5.74) is 3.64. The van der Waals surface area contributed by atoms with Gasteiger partial charge in [-0.2, -0.15) is 0 Å². The number of nitrogens with one attached hydrogen (secondary N) is 1. The third-order valence-corrected chi connectivity index (χ3v) is 3.44. The molecule has 1 nitrogen and oxygen atoms in total. The minimum Gasteiger partial charge on any atom is -0.300 e. The topological polar surface area (TPSA) is 23.9 Å². The van der Waals surface area contributed by atoms with Crippen LogP contribution >= 0.6 is 11.6 Å². The third-order valence-electron chi connectivity index (χ3n) is 3.18. The van der Waals surface area contributed by atoms with E-state index >= 15 is 0 Å². The van der Waals surface area contributed by atoms with E-state index in [4.69, 9.17) is 17.0 Å². The molecule has 0 atom stereocenters. The second kappa shape index (κ2) is 6.51. The summed E-state index contributed by atoms with van der Waals surface area (Å²) >= 11 is 5.83. The van der Waals surface area contributed by atoms with E-state index in [1.807, 2.05) is 6.92 Å². The summed E-state index contributed by atoms with van der Waals surface area (Å²) in [6.45, 7) is 5.89. The zero-order chi connectivity index (χ0) is 15.4. The number of halogens is 2. The van der Waals surface area contributed by atoms with Crippen molar-refractivity contribution in [3.63, 3.8) is 0 Å². The summed E-state index contributed by atoms with van der Waals surface area (Å²) in [4.78, 5) is 0. The average Bonchev–Trinajstić information content (AvgIpc) is 2.47. The Labute approximate surface area is 128 Å². The largest absolute Gasteiger partial charge is 0.300 e. The molecule has 2 aromatic carbocycles. The van der Waals surface area contributed by atoms with Gasteiger partial charge in [0.2, 0.25) is 0 Å². The van der Waals surface area contributed by atoms with Gasteiger partial charge in [-0.3, -0.25) is 0 Å². The van der Waals surface area contributed by atoms with Gasteiger partial charge in [0.05, 0.1) is 5.71 Å². The average molecular weight is 300 g/mol. The van der Waals surface area contributed by atoms with Crippen LogP contribution in [0.1, 0.15) is 18.1 Å². The maximum Gasteiger partial charge on any atom is 0.123 e. The maximum absolute atomic E-state index is 12.9. The Hall–Kier alpha value is -2.19. The van der Waals surface area contributed by atoms with Gasteiger partial charge in [0.25, 0.3) is 0 Å². The lowest BCUT2D eigenvalue weighted by molar-refractivity contribution is 0.627. The molecule has 0 aromatic heterocycles. The molecule has 1 N–H and O–H groups in total. The molecular weight excluding hydrogens is 285 g/mol. The quantitative estimate of drug-likeness (QED) is 0.569. The normalized spacial score (nSPS) is 11.3. The van der Waals surface area contributed by atoms with Crippen molar-refractivity contribution in [2.24, 2.45) is 0 Å². The Bertz CT molecular complexity index is 697. The first-order chi connectivity index (χ1) is 9.97. The summed E-state index contributed by atoms with van der Waals surface area (Å²) in [7, 11) is 0. The predicted molar refractivity (Wildman–Crippen MR) is 87.5 cm³/mol. The van der Waals surface area contributed by atoms with E-state index in [-0.39, 0.29) is 5.82 Å². The Kier molecular flexibility index (Phi) is 4.71. The molecule has 0 aliphatic carbocycles. The van der Waals surface area contributed by atoms with Gasteiger partial charge < -0.3 is 5.41 Å². The van der Waals surface area contributed by atoms with Crippen molar-refractivity contribution >= 4 is 22.9 Å². The predicted octanol–water partition coefficient (Wildman–Crippen LogP) is 5.51. The highest BCUT2D eigenvalue weighted by Gasteiger charge is 2.04. The monoisotopic (exact) mass is 299 g/mol. The lowest BCUT2D eigenvalue weighted by atomic mass is 9.98. The summed E-state index contributed by atoms with van der Waals surface area (Å²) in [5, 5.41) is 8.74. The van der Waals surface area contributed by atoms with Crippen molar-refractivity contribution in [3.8, 4) is 0 Å². The lowest BCUT2D eigenvalue weighted by Crippen LogP contribution is -1.96. The summed E-state index contributed by atoms with van der Waals surface area (Å²) in [6.07, 6.45) is 1.74. The Morgan fingerprint density at radius 2 is 1.57 bits per heavy atom. The standard InChI is InChI=1S/C18H15ClFN/c1-12(13(2)14-5-9-17(20)10-6-14)11-18(21)15-3-7-16(19)8-4-15/h3-11,21H,2H2,1H3/b12-11-,21-18?. The van der Waals surface area contributed by atoms with Crippen molar-refractivity contribution in [2.75, 3.05) is 0 Å². The van der Waals surface area contributed by atoms with Crippen LogP contribution in [-0.2, 0) is 0 Å². The van der Waals surface area contributed by atoms with Crippen LogP contribution in [0.3, 0.4) is 0 Å².